The summed E-state index contributed by atoms with van der Waals surface area (Å²) >= 11 is 0. The van der Waals surface area contributed by atoms with E-state index in [4.69, 9.17) is 0 Å². The number of carbonyl (C=O) groups excluding carboxylic acids is 1. The molecule has 0 N–H and O–H groups in total. The molecule has 0 aromatic heterocycles. The largest absolute Gasteiger partial charge is 0.456 e. The second-order valence-corrected chi connectivity index (χ2v) is 5.92. The first-order valence-electron chi connectivity index (χ1n) is 7.63. The Kier molecular flexibility index (Phi) is 4.34. The fourth-order valence-electron chi connectivity index (χ4n) is 2.88. The molecule has 0 spiro atoms. The number of hydrogen-bond donors (Lipinski definition) is 0. The minimum absolute atomic E-state index is 0.257. The lowest BCUT2D eigenvalue weighted by molar-refractivity contribution is -0.293. The third-order valence-electron chi connectivity index (χ3n) is 4.22. The van der Waals surface area contributed by atoms with Gasteiger partial charge in [-0.3, -0.25) is 0 Å². The minimum Gasteiger partial charge on any atom is -0.455 e. The van der Waals surface area contributed by atoms with Crippen LogP contribution in [0.15, 0.2) is 49.0 Å². The summed E-state index contributed by atoms with van der Waals surface area (Å²) in [5.41, 5.74) is 3.76. The Bertz CT molecular complexity index is 884. The number of carbonyl (C=O) groups is 1. The summed E-state index contributed by atoms with van der Waals surface area (Å²) in [7, 11) is 0. The standard InChI is InChI=1S/C19H13F5O2/c1-11(17(25)26-10-18(20,21)19(22,23)24)13-7-4-8-15-14-6-3-2-5-12(14)9-16(13)15/h2-8H,1,9-10H2. The van der Waals surface area contributed by atoms with Gasteiger partial charge >= 0.3 is 18.1 Å². The van der Waals surface area contributed by atoms with Gasteiger partial charge in [0.15, 0.2) is 6.61 Å². The molecule has 0 bridgehead atoms. The molecule has 26 heavy (non-hydrogen) atoms. The fraction of sp³-hybridized carbons (Fsp3) is 0.211. The molecule has 0 saturated heterocycles. The van der Waals surface area contributed by atoms with Crippen LogP contribution in [-0.2, 0) is 16.0 Å². The van der Waals surface area contributed by atoms with E-state index in [0.717, 1.165) is 22.3 Å². The highest BCUT2D eigenvalue weighted by atomic mass is 19.4. The van der Waals surface area contributed by atoms with Crippen molar-refractivity contribution in [3.63, 3.8) is 0 Å². The zero-order chi connectivity index (χ0) is 19.1. The molecule has 0 aliphatic heterocycles. The molecule has 3 rings (SSSR count). The van der Waals surface area contributed by atoms with Crippen molar-refractivity contribution >= 4 is 11.5 Å². The third-order valence-corrected chi connectivity index (χ3v) is 4.22. The second kappa shape index (κ2) is 6.23. The summed E-state index contributed by atoms with van der Waals surface area (Å²) in [4.78, 5) is 12.0. The molecule has 0 radical (unpaired) electrons. The van der Waals surface area contributed by atoms with Gasteiger partial charge < -0.3 is 4.74 Å². The molecular formula is C19H13F5O2. The van der Waals surface area contributed by atoms with Gasteiger partial charge in [-0.05, 0) is 34.2 Å². The SMILES string of the molecule is C=C(C(=O)OCC(F)(F)C(F)(F)F)c1cccc2c1Cc1ccccc1-2. The Balaban J connectivity index is 1.81. The van der Waals surface area contributed by atoms with Crippen molar-refractivity contribution in [3.8, 4) is 11.1 Å². The van der Waals surface area contributed by atoms with E-state index in [1.807, 2.05) is 30.3 Å². The van der Waals surface area contributed by atoms with E-state index in [1.54, 1.807) is 12.1 Å². The predicted molar refractivity (Wildman–Crippen MR) is 85.7 cm³/mol. The predicted octanol–water partition coefficient (Wildman–Crippen LogP) is 5.01. The van der Waals surface area contributed by atoms with Crippen LogP contribution in [0.3, 0.4) is 0 Å². The van der Waals surface area contributed by atoms with E-state index in [-0.39, 0.29) is 5.57 Å². The van der Waals surface area contributed by atoms with Gasteiger partial charge in [0.1, 0.15) is 0 Å². The van der Waals surface area contributed by atoms with Crippen LogP contribution in [0.5, 0.6) is 0 Å². The molecule has 0 amide bonds. The molecule has 2 aromatic carbocycles. The van der Waals surface area contributed by atoms with Gasteiger partial charge in [0.25, 0.3) is 0 Å². The van der Waals surface area contributed by atoms with E-state index in [2.05, 4.69) is 11.3 Å². The van der Waals surface area contributed by atoms with E-state index < -0.39 is 24.7 Å². The van der Waals surface area contributed by atoms with Crippen molar-refractivity contribution < 1.29 is 31.5 Å². The van der Waals surface area contributed by atoms with Crippen LogP contribution >= 0.6 is 0 Å². The number of benzene rings is 2. The van der Waals surface area contributed by atoms with Gasteiger partial charge in [-0.25, -0.2) is 4.79 Å². The number of ether oxygens (including phenoxy) is 1. The van der Waals surface area contributed by atoms with Gasteiger partial charge in [0, 0.05) is 0 Å². The number of hydrogen-bond acceptors (Lipinski definition) is 2. The molecular weight excluding hydrogens is 355 g/mol. The topological polar surface area (TPSA) is 26.3 Å². The summed E-state index contributed by atoms with van der Waals surface area (Å²) in [5.74, 6) is -6.42. The summed E-state index contributed by atoms with van der Waals surface area (Å²) in [6.07, 6.45) is -5.28. The van der Waals surface area contributed by atoms with Crippen molar-refractivity contribution in [2.24, 2.45) is 0 Å². The lowest BCUT2D eigenvalue weighted by Crippen LogP contribution is -2.41. The number of rotatable bonds is 4. The molecule has 0 atom stereocenters. The highest BCUT2D eigenvalue weighted by molar-refractivity contribution is 6.16. The first-order chi connectivity index (χ1) is 12.1. The highest BCUT2D eigenvalue weighted by Crippen LogP contribution is 2.40. The summed E-state index contributed by atoms with van der Waals surface area (Å²) in [6.45, 7) is 1.45. The number of alkyl halides is 5. The summed E-state index contributed by atoms with van der Waals surface area (Å²) < 4.78 is 66.6. The molecule has 0 unspecified atom stereocenters. The lowest BCUT2D eigenvalue weighted by atomic mass is 9.96. The second-order valence-electron chi connectivity index (χ2n) is 5.92. The van der Waals surface area contributed by atoms with Gasteiger partial charge in [-0.15, -0.1) is 0 Å². The first-order valence-corrected chi connectivity index (χ1v) is 7.63. The maximum Gasteiger partial charge on any atom is 0.456 e. The number of esters is 1. The number of fused-ring (bicyclic) bond motifs is 3. The maximum atomic E-state index is 12.9. The highest BCUT2D eigenvalue weighted by Gasteiger charge is 2.58. The van der Waals surface area contributed by atoms with Gasteiger partial charge in [0.05, 0.1) is 5.57 Å². The van der Waals surface area contributed by atoms with Gasteiger partial charge in [0.2, 0.25) is 0 Å². The molecule has 1 aliphatic carbocycles. The molecule has 0 saturated carbocycles. The van der Waals surface area contributed by atoms with Crippen molar-refractivity contribution in [2.45, 2.75) is 18.5 Å². The Hall–Kier alpha value is -2.70. The van der Waals surface area contributed by atoms with Crippen molar-refractivity contribution in [3.05, 3.63) is 65.7 Å². The van der Waals surface area contributed by atoms with Crippen molar-refractivity contribution in [2.75, 3.05) is 6.61 Å². The van der Waals surface area contributed by atoms with Crippen molar-refractivity contribution in [1.82, 2.24) is 0 Å². The molecule has 2 aromatic rings. The Morgan fingerprint density at radius 2 is 1.65 bits per heavy atom. The average molecular weight is 368 g/mol. The summed E-state index contributed by atoms with van der Waals surface area (Å²) in [5, 5.41) is 0. The monoisotopic (exact) mass is 368 g/mol. The van der Waals surface area contributed by atoms with Crippen LogP contribution in [0.25, 0.3) is 16.7 Å². The van der Waals surface area contributed by atoms with Crippen LogP contribution in [0.4, 0.5) is 22.0 Å². The normalized spacial score (nSPS) is 13.1. The fourth-order valence-corrected chi connectivity index (χ4v) is 2.88. The smallest absolute Gasteiger partial charge is 0.455 e. The van der Waals surface area contributed by atoms with E-state index in [1.165, 1.54) is 0 Å². The van der Waals surface area contributed by atoms with E-state index in [9.17, 15) is 26.7 Å². The molecule has 1 aliphatic rings. The van der Waals surface area contributed by atoms with Crippen LogP contribution in [0.1, 0.15) is 16.7 Å². The molecule has 7 heteroatoms. The van der Waals surface area contributed by atoms with E-state index in [0.29, 0.717) is 12.0 Å². The Morgan fingerprint density at radius 1 is 1.00 bits per heavy atom. The molecule has 136 valence electrons. The lowest BCUT2D eigenvalue weighted by Gasteiger charge is -2.19. The quantitative estimate of drug-likeness (QED) is 0.368. The molecule has 0 fully saturated rings. The molecule has 0 heterocycles. The van der Waals surface area contributed by atoms with E-state index >= 15 is 0 Å². The minimum atomic E-state index is -5.79. The van der Waals surface area contributed by atoms with Crippen LogP contribution in [0, 0.1) is 0 Å². The summed E-state index contributed by atoms with van der Waals surface area (Å²) in [6, 6.07) is 12.6. The van der Waals surface area contributed by atoms with Crippen LogP contribution in [0.2, 0.25) is 0 Å². The first kappa shape index (κ1) is 18.1. The van der Waals surface area contributed by atoms with Gasteiger partial charge in [-0.2, -0.15) is 22.0 Å². The maximum absolute atomic E-state index is 12.9. The Labute approximate surface area is 145 Å². The zero-order valence-electron chi connectivity index (χ0n) is 13.4. The van der Waals surface area contributed by atoms with Crippen LogP contribution in [-0.4, -0.2) is 24.7 Å². The number of halogens is 5. The average Bonchev–Trinajstić information content (AvgIpc) is 2.96. The van der Waals surface area contributed by atoms with Crippen LogP contribution < -0.4 is 0 Å². The Morgan fingerprint density at radius 3 is 2.35 bits per heavy atom. The third kappa shape index (κ3) is 3.09. The van der Waals surface area contributed by atoms with Crippen molar-refractivity contribution in [1.29, 1.82) is 0 Å². The zero-order valence-corrected chi connectivity index (χ0v) is 13.4. The van der Waals surface area contributed by atoms with Gasteiger partial charge in [-0.1, -0.05) is 49.0 Å². The molecule has 2 nitrogen and oxygen atoms in total.